The molecule has 0 saturated heterocycles. The number of nitrogens with zero attached hydrogens (tertiary/aromatic N) is 1. The normalized spacial score (nSPS) is 17.8. The molecule has 21 heavy (non-hydrogen) atoms. The summed E-state index contributed by atoms with van der Waals surface area (Å²) in [5.74, 6) is 1.92. The fraction of sp³-hybridized carbons (Fsp3) is 0.500. The van der Waals surface area contributed by atoms with Crippen molar-refractivity contribution in [1.29, 1.82) is 0 Å². The van der Waals surface area contributed by atoms with E-state index in [1.807, 2.05) is 7.05 Å². The highest BCUT2D eigenvalue weighted by atomic mass is 16.5. The molecule has 3 nitrogen and oxygen atoms in total. The fourth-order valence-electron chi connectivity index (χ4n) is 3.34. The molecule has 0 radical (unpaired) electrons. The number of aromatic nitrogens is 1. The smallest absolute Gasteiger partial charge is 0.227 e. The van der Waals surface area contributed by atoms with Gasteiger partial charge in [0.1, 0.15) is 0 Å². The third-order valence-electron chi connectivity index (χ3n) is 4.32. The average Bonchev–Trinajstić information content (AvgIpc) is 2.90. The topological polar surface area (TPSA) is 38.1 Å². The van der Waals surface area contributed by atoms with E-state index in [-0.39, 0.29) is 0 Å². The first-order valence-electron chi connectivity index (χ1n) is 7.94. The molecule has 1 aliphatic rings. The second-order valence-electron chi connectivity index (χ2n) is 6.41. The molecular weight excluding hydrogens is 260 g/mol. The Morgan fingerprint density at radius 1 is 1.29 bits per heavy atom. The van der Waals surface area contributed by atoms with E-state index >= 15 is 0 Å². The van der Waals surface area contributed by atoms with Gasteiger partial charge in [-0.05, 0) is 42.7 Å². The summed E-state index contributed by atoms with van der Waals surface area (Å²) in [5, 5.41) is 7.43. The quantitative estimate of drug-likeness (QED) is 0.905. The van der Waals surface area contributed by atoms with E-state index in [1.54, 1.807) is 0 Å². The zero-order valence-corrected chi connectivity index (χ0v) is 13.1. The van der Waals surface area contributed by atoms with Gasteiger partial charge in [0.15, 0.2) is 0 Å². The van der Waals surface area contributed by atoms with Crippen LogP contribution in [0.1, 0.15) is 55.0 Å². The van der Waals surface area contributed by atoms with Gasteiger partial charge in [-0.3, -0.25) is 0 Å². The molecule has 0 saturated carbocycles. The van der Waals surface area contributed by atoms with Crippen LogP contribution in [-0.2, 0) is 12.8 Å². The number of nitrogens with one attached hydrogen (secondary N) is 1. The molecule has 3 rings (SSSR count). The Morgan fingerprint density at radius 2 is 2.05 bits per heavy atom. The summed E-state index contributed by atoms with van der Waals surface area (Å²) >= 11 is 0. The Morgan fingerprint density at radius 3 is 2.71 bits per heavy atom. The first-order chi connectivity index (χ1) is 10.2. The second kappa shape index (κ2) is 5.92. The van der Waals surface area contributed by atoms with Crippen LogP contribution < -0.4 is 5.32 Å². The summed E-state index contributed by atoms with van der Waals surface area (Å²) in [6, 6.07) is 9.07. The number of hydrogen-bond acceptors (Lipinski definition) is 3. The number of benzene rings is 1. The highest BCUT2D eigenvalue weighted by molar-refractivity contribution is 5.48. The molecule has 0 spiro atoms. The molecule has 0 bridgehead atoms. The van der Waals surface area contributed by atoms with Gasteiger partial charge in [-0.1, -0.05) is 43.3 Å². The van der Waals surface area contributed by atoms with Crippen molar-refractivity contribution < 1.29 is 4.52 Å². The maximum atomic E-state index is 5.43. The molecule has 1 aromatic carbocycles. The Bertz CT molecular complexity index is 598. The lowest BCUT2D eigenvalue weighted by Crippen LogP contribution is -2.11. The highest BCUT2D eigenvalue weighted by Crippen LogP contribution is 2.39. The van der Waals surface area contributed by atoms with Gasteiger partial charge < -0.3 is 9.84 Å². The van der Waals surface area contributed by atoms with Gasteiger partial charge >= 0.3 is 0 Å². The van der Waals surface area contributed by atoms with Crippen LogP contribution >= 0.6 is 0 Å². The van der Waals surface area contributed by atoms with Crippen LogP contribution in [0.3, 0.4) is 0 Å². The van der Waals surface area contributed by atoms with Gasteiger partial charge in [-0.15, -0.1) is 0 Å². The highest BCUT2D eigenvalue weighted by Gasteiger charge is 2.28. The largest absolute Gasteiger partial charge is 0.357 e. The summed E-state index contributed by atoms with van der Waals surface area (Å²) in [6.07, 6.45) is 4.56. The molecule has 0 amide bonds. The number of hydrogen-bond donors (Lipinski definition) is 1. The fourth-order valence-corrected chi connectivity index (χ4v) is 3.34. The number of anilines is 1. The molecule has 0 aliphatic heterocycles. The van der Waals surface area contributed by atoms with E-state index in [0.717, 1.165) is 30.8 Å². The molecule has 1 atom stereocenters. The van der Waals surface area contributed by atoms with Crippen LogP contribution in [0.4, 0.5) is 5.88 Å². The Labute approximate surface area is 126 Å². The summed E-state index contributed by atoms with van der Waals surface area (Å²) in [6.45, 7) is 4.52. The van der Waals surface area contributed by atoms with Crippen LogP contribution in [0.15, 0.2) is 28.8 Å². The third-order valence-corrected chi connectivity index (χ3v) is 4.32. The summed E-state index contributed by atoms with van der Waals surface area (Å²) in [4.78, 5) is 0. The van der Waals surface area contributed by atoms with Gasteiger partial charge in [0.05, 0.1) is 5.69 Å². The van der Waals surface area contributed by atoms with Crippen molar-refractivity contribution in [2.45, 2.75) is 45.4 Å². The second-order valence-corrected chi connectivity index (χ2v) is 6.41. The van der Waals surface area contributed by atoms with Gasteiger partial charge in [0, 0.05) is 18.5 Å². The SMILES string of the molecule is CNc1onc2c1CCCC2c1ccc(CC(C)C)cc1. The molecular formula is C18H24N2O. The number of rotatable bonds is 4. The van der Waals surface area contributed by atoms with Crippen molar-refractivity contribution in [3.8, 4) is 0 Å². The van der Waals surface area contributed by atoms with Crippen molar-refractivity contribution in [2.24, 2.45) is 5.92 Å². The number of fused-ring (bicyclic) bond motifs is 1. The van der Waals surface area contributed by atoms with Crippen LogP contribution in [-0.4, -0.2) is 12.2 Å². The van der Waals surface area contributed by atoms with Crippen LogP contribution in [0.5, 0.6) is 0 Å². The van der Waals surface area contributed by atoms with Gasteiger partial charge in [-0.2, -0.15) is 0 Å². The van der Waals surface area contributed by atoms with Gasteiger partial charge in [0.25, 0.3) is 0 Å². The predicted molar refractivity (Wildman–Crippen MR) is 85.8 cm³/mol. The van der Waals surface area contributed by atoms with E-state index in [4.69, 9.17) is 4.52 Å². The molecule has 1 N–H and O–H groups in total. The predicted octanol–water partition coefficient (Wildman–Crippen LogP) is 4.38. The first kappa shape index (κ1) is 14.2. The Balaban J connectivity index is 1.86. The standard InChI is InChI=1S/C18H24N2O/c1-12(2)11-13-7-9-14(10-8-13)15-5-4-6-16-17(15)20-21-18(16)19-3/h7-10,12,15,19H,4-6,11H2,1-3H3. The van der Waals surface area contributed by atoms with Crippen LogP contribution in [0.2, 0.25) is 0 Å². The van der Waals surface area contributed by atoms with Crippen molar-refractivity contribution in [3.63, 3.8) is 0 Å². The maximum absolute atomic E-state index is 5.43. The molecule has 1 aromatic heterocycles. The van der Waals surface area contributed by atoms with E-state index < -0.39 is 0 Å². The molecule has 1 aliphatic carbocycles. The summed E-state index contributed by atoms with van der Waals surface area (Å²) in [7, 11) is 1.89. The molecule has 112 valence electrons. The average molecular weight is 284 g/mol. The van der Waals surface area contributed by atoms with E-state index in [2.05, 4.69) is 48.6 Å². The van der Waals surface area contributed by atoms with Crippen molar-refractivity contribution in [1.82, 2.24) is 5.16 Å². The van der Waals surface area contributed by atoms with Crippen LogP contribution in [0, 0.1) is 5.92 Å². The zero-order chi connectivity index (χ0) is 14.8. The van der Waals surface area contributed by atoms with Gasteiger partial charge in [0.2, 0.25) is 5.88 Å². The lowest BCUT2D eigenvalue weighted by Gasteiger charge is -2.21. The summed E-state index contributed by atoms with van der Waals surface area (Å²) < 4.78 is 5.43. The zero-order valence-electron chi connectivity index (χ0n) is 13.1. The van der Waals surface area contributed by atoms with E-state index in [1.165, 1.54) is 23.1 Å². The van der Waals surface area contributed by atoms with E-state index in [9.17, 15) is 0 Å². The maximum Gasteiger partial charge on any atom is 0.227 e. The summed E-state index contributed by atoms with van der Waals surface area (Å²) in [5.41, 5.74) is 5.17. The van der Waals surface area contributed by atoms with Crippen molar-refractivity contribution in [2.75, 3.05) is 12.4 Å². The lowest BCUT2D eigenvalue weighted by atomic mass is 9.82. The Hall–Kier alpha value is -1.77. The minimum atomic E-state index is 0.382. The lowest BCUT2D eigenvalue weighted by molar-refractivity contribution is 0.420. The van der Waals surface area contributed by atoms with Crippen molar-refractivity contribution in [3.05, 3.63) is 46.6 Å². The molecule has 1 unspecified atom stereocenters. The monoisotopic (exact) mass is 284 g/mol. The van der Waals surface area contributed by atoms with Gasteiger partial charge in [-0.25, -0.2) is 0 Å². The molecule has 0 fully saturated rings. The van der Waals surface area contributed by atoms with Crippen LogP contribution in [0.25, 0.3) is 0 Å². The van der Waals surface area contributed by atoms with Crippen molar-refractivity contribution >= 4 is 5.88 Å². The third kappa shape index (κ3) is 2.82. The molecule has 3 heteroatoms. The minimum Gasteiger partial charge on any atom is -0.357 e. The molecule has 1 heterocycles. The minimum absolute atomic E-state index is 0.382. The molecule has 2 aromatic rings. The Kier molecular flexibility index (Phi) is 4.00. The van der Waals surface area contributed by atoms with E-state index in [0.29, 0.717) is 11.8 Å². The first-order valence-corrected chi connectivity index (χ1v) is 7.94.